The second kappa shape index (κ2) is 8.05. The number of oxazole rings is 1. The van der Waals surface area contributed by atoms with Crippen LogP contribution in [0.2, 0.25) is 0 Å². The lowest BCUT2D eigenvalue weighted by molar-refractivity contribution is 0.0776. The van der Waals surface area contributed by atoms with Crippen LogP contribution < -0.4 is 9.47 Å². The molecule has 0 spiro atoms. The topological polar surface area (TPSA) is 93.5 Å². The summed E-state index contributed by atoms with van der Waals surface area (Å²) in [4.78, 5) is 26.1. The fourth-order valence-corrected chi connectivity index (χ4v) is 2.86. The standard InChI is InChI=1S/C21H20N4O4/c1-25(11-19-22-16-5-3-4-6-17(16)23-19)21(26)18-12-29-20(24-18)13-28-15-9-7-14(27-2)8-10-15/h3-10,12H,11,13H2,1-2H3,(H,22,23). The Balaban J connectivity index is 1.36. The first kappa shape index (κ1) is 18.5. The first-order chi connectivity index (χ1) is 14.1. The number of hydrogen-bond acceptors (Lipinski definition) is 6. The molecule has 0 radical (unpaired) electrons. The Morgan fingerprint density at radius 2 is 1.86 bits per heavy atom. The molecule has 4 aromatic rings. The number of nitrogens with zero attached hydrogens (tertiary/aromatic N) is 3. The van der Waals surface area contributed by atoms with Gasteiger partial charge in [-0.1, -0.05) is 12.1 Å². The molecule has 2 aromatic heterocycles. The van der Waals surface area contributed by atoms with Crippen LogP contribution in [0.1, 0.15) is 22.2 Å². The van der Waals surface area contributed by atoms with Gasteiger partial charge < -0.3 is 23.8 Å². The number of aromatic nitrogens is 3. The number of methoxy groups -OCH3 is 1. The molecule has 0 aliphatic rings. The van der Waals surface area contributed by atoms with E-state index in [0.29, 0.717) is 24.0 Å². The van der Waals surface area contributed by atoms with Gasteiger partial charge in [0.2, 0.25) is 5.89 Å². The van der Waals surface area contributed by atoms with Crippen LogP contribution in [0.25, 0.3) is 11.0 Å². The predicted molar refractivity (Wildman–Crippen MR) is 106 cm³/mol. The van der Waals surface area contributed by atoms with Crippen molar-refractivity contribution in [3.63, 3.8) is 0 Å². The summed E-state index contributed by atoms with van der Waals surface area (Å²) in [7, 11) is 3.30. The lowest BCUT2D eigenvalue weighted by Gasteiger charge is -2.13. The first-order valence-corrected chi connectivity index (χ1v) is 9.03. The third kappa shape index (κ3) is 4.21. The zero-order valence-corrected chi connectivity index (χ0v) is 16.1. The minimum absolute atomic E-state index is 0.118. The van der Waals surface area contributed by atoms with Crippen molar-refractivity contribution in [2.24, 2.45) is 0 Å². The van der Waals surface area contributed by atoms with Crippen molar-refractivity contribution in [2.75, 3.05) is 14.2 Å². The molecule has 0 aliphatic carbocycles. The Bertz CT molecular complexity index is 1080. The summed E-state index contributed by atoms with van der Waals surface area (Å²) in [6.07, 6.45) is 1.34. The fourth-order valence-electron chi connectivity index (χ4n) is 2.86. The molecule has 29 heavy (non-hydrogen) atoms. The summed E-state index contributed by atoms with van der Waals surface area (Å²) < 4.78 is 16.1. The Morgan fingerprint density at radius 1 is 1.10 bits per heavy atom. The van der Waals surface area contributed by atoms with E-state index in [0.717, 1.165) is 16.8 Å². The van der Waals surface area contributed by atoms with E-state index in [4.69, 9.17) is 13.9 Å². The summed E-state index contributed by atoms with van der Waals surface area (Å²) >= 11 is 0. The van der Waals surface area contributed by atoms with Crippen molar-refractivity contribution in [1.82, 2.24) is 19.9 Å². The van der Waals surface area contributed by atoms with Gasteiger partial charge in [-0.3, -0.25) is 4.79 Å². The van der Waals surface area contributed by atoms with E-state index in [-0.39, 0.29) is 18.2 Å². The molecule has 0 saturated heterocycles. The highest BCUT2D eigenvalue weighted by molar-refractivity contribution is 5.91. The van der Waals surface area contributed by atoms with Crippen molar-refractivity contribution < 1.29 is 18.7 Å². The van der Waals surface area contributed by atoms with Crippen LogP contribution in [-0.2, 0) is 13.2 Å². The summed E-state index contributed by atoms with van der Waals surface area (Å²) in [5.41, 5.74) is 2.02. The van der Waals surface area contributed by atoms with Gasteiger partial charge in [0.15, 0.2) is 12.3 Å². The first-order valence-electron chi connectivity index (χ1n) is 9.03. The number of rotatable bonds is 7. The molecule has 148 valence electrons. The highest BCUT2D eigenvalue weighted by Gasteiger charge is 2.18. The van der Waals surface area contributed by atoms with Gasteiger partial charge in [0, 0.05) is 7.05 Å². The molecular weight excluding hydrogens is 372 g/mol. The number of imidazole rings is 1. The number of fused-ring (bicyclic) bond motifs is 1. The molecule has 8 heteroatoms. The van der Waals surface area contributed by atoms with Crippen LogP contribution >= 0.6 is 0 Å². The molecular formula is C21H20N4O4. The molecule has 0 unspecified atom stereocenters. The van der Waals surface area contributed by atoms with E-state index < -0.39 is 0 Å². The van der Waals surface area contributed by atoms with E-state index in [2.05, 4.69) is 15.0 Å². The van der Waals surface area contributed by atoms with Crippen LogP contribution in [-0.4, -0.2) is 39.9 Å². The third-order valence-electron chi connectivity index (χ3n) is 4.36. The van der Waals surface area contributed by atoms with Gasteiger partial charge in [-0.05, 0) is 36.4 Å². The van der Waals surface area contributed by atoms with E-state index in [9.17, 15) is 4.79 Å². The van der Waals surface area contributed by atoms with Crippen LogP contribution in [0.15, 0.2) is 59.2 Å². The second-order valence-corrected chi connectivity index (χ2v) is 6.45. The summed E-state index contributed by atoms with van der Waals surface area (Å²) in [6, 6.07) is 14.9. The summed E-state index contributed by atoms with van der Waals surface area (Å²) in [5, 5.41) is 0. The number of ether oxygens (including phenoxy) is 2. The molecule has 0 fully saturated rings. The fraction of sp³-hybridized carbons (Fsp3) is 0.190. The molecule has 0 aliphatic heterocycles. The zero-order valence-electron chi connectivity index (χ0n) is 16.1. The van der Waals surface area contributed by atoms with Gasteiger partial charge in [0.05, 0.1) is 24.7 Å². The van der Waals surface area contributed by atoms with Gasteiger partial charge in [0.25, 0.3) is 5.91 Å². The van der Waals surface area contributed by atoms with Gasteiger partial charge in [-0.25, -0.2) is 9.97 Å². The Hall–Kier alpha value is -3.81. The lowest BCUT2D eigenvalue weighted by Crippen LogP contribution is -2.27. The average Bonchev–Trinajstić information content (AvgIpc) is 3.38. The monoisotopic (exact) mass is 392 g/mol. The smallest absolute Gasteiger partial charge is 0.275 e. The molecule has 4 rings (SSSR count). The Kier molecular flexibility index (Phi) is 5.15. The number of para-hydroxylation sites is 2. The van der Waals surface area contributed by atoms with Gasteiger partial charge in [-0.2, -0.15) is 0 Å². The summed E-state index contributed by atoms with van der Waals surface area (Å²) in [6.45, 7) is 0.449. The van der Waals surface area contributed by atoms with Crippen molar-refractivity contribution in [2.45, 2.75) is 13.2 Å². The normalized spacial score (nSPS) is 10.8. The van der Waals surface area contributed by atoms with E-state index in [1.807, 2.05) is 24.3 Å². The molecule has 1 N–H and O–H groups in total. The maximum atomic E-state index is 12.6. The Labute approximate surface area is 167 Å². The van der Waals surface area contributed by atoms with Crippen molar-refractivity contribution in [1.29, 1.82) is 0 Å². The van der Waals surface area contributed by atoms with Crippen molar-refractivity contribution in [3.8, 4) is 11.5 Å². The van der Waals surface area contributed by atoms with Gasteiger partial charge >= 0.3 is 0 Å². The minimum Gasteiger partial charge on any atom is -0.497 e. The number of carbonyl (C=O) groups excluding carboxylic acids is 1. The number of benzene rings is 2. The lowest BCUT2D eigenvalue weighted by atomic mass is 10.3. The molecule has 2 aromatic carbocycles. The second-order valence-electron chi connectivity index (χ2n) is 6.45. The molecule has 0 saturated carbocycles. The van der Waals surface area contributed by atoms with Crippen LogP contribution in [0, 0.1) is 0 Å². The molecule has 0 bridgehead atoms. The number of carbonyl (C=O) groups is 1. The largest absolute Gasteiger partial charge is 0.497 e. The van der Waals surface area contributed by atoms with E-state index in [1.54, 1.807) is 38.4 Å². The molecule has 1 amide bonds. The van der Waals surface area contributed by atoms with Crippen LogP contribution in [0.3, 0.4) is 0 Å². The number of hydrogen-bond donors (Lipinski definition) is 1. The average molecular weight is 392 g/mol. The predicted octanol–water partition coefficient (Wildman–Crippen LogP) is 3.41. The molecule has 0 atom stereocenters. The highest BCUT2D eigenvalue weighted by atomic mass is 16.5. The maximum absolute atomic E-state index is 12.6. The Morgan fingerprint density at radius 3 is 2.62 bits per heavy atom. The van der Waals surface area contributed by atoms with Crippen molar-refractivity contribution in [3.05, 3.63) is 72.2 Å². The maximum Gasteiger partial charge on any atom is 0.275 e. The minimum atomic E-state index is -0.259. The van der Waals surface area contributed by atoms with E-state index in [1.165, 1.54) is 11.2 Å². The van der Waals surface area contributed by atoms with Crippen molar-refractivity contribution >= 4 is 16.9 Å². The molecule has 8 nitrogen and oxygen atoms in total. The number of amides is 1. The van der Waals surface area contributed by atoms with Crippen LogP contribution in [0.5, 0.6) is 11.5 Å². The SMILES string of the molecule is COc1ccc(OCc2nc(C(=O)N(C)Cc3nc4ccccc4[nH]3)co2)cc1. The van der Waals surface area contributed by atoms with Crippen LogP contribution in [0.4, 0.5) is 0 Å². The number of H-pyrrole nitrogens is 1. The van der Waals surface area contributed by atoms with E-state index >= 15 is 0 Å². The quantitative estimate of drug-likeness (QED) is 0.518. The molecule has 2 heterocycles. The number of nitrogens with one attached hydrogen (secondary N) is 1. The third-order valence-corrected chi connectivity index (χ3v) is 4.36. The summed E-state index contributed by atoms with van der Waals surface area (Å²) in [5.74, 6) is 2.16. The highest BCUT2D eigenvalue weighted by Crippen LogP contribution is 2.18. The number of aromatic amines is 1. The van der Waals surface area contributed by atoms with Gasteiger partial charge in [0.1, 0.15) is 23.6 Å². The van der Waals surface area contributed by atoms with Gasteiger partial charge in [-0.15, -0.1) is 0 Å². The zero-order chi connectivity index (χ0) is 20.2.